The Balaban J connectivity index is 0.00000242. The fraction of sp³-hybridized carbons (Fsp3) is 0.500. The van der Waals surface area contributed by atoms with Gasteiger partial charge in [0.15, 0.2) is 0 Å². The summed E-state index contributed by atoms with van der Waals surface area (Å²) in [5.74, 6) is 0.312. The van der Waals surface area contributed by atoms with Crippen molar-refractivity contribution in [3.8, 4) is 0 Å². The molecule has 22 heavy (non-hydrogen) atoms. The molecule has 0 saturated carbocycles. The summed E-state index contributed by atoms with van der Waals surface area (Å²) in [5.41, 5.74) is 0.332. The lowest BCUT2D eigenvalue weighted by atomic mass is 10.00. The topological polar surface area (TPSA) is 96.3 Å². The molecule has 3 N–H and O–H groups in total. The summed E-state index contributed by atoms with van der Waals surface area (Å²) >= 11 is 0. The number of para-hydroxylation sites is 2. The van der Waals surface area contributed by atoms with Crippen molar-refractivity contribution in [1.82, 2.24) is 10.6 Å². The fourth-order valence-corrected chi connectivity index (χ4v) is 2.38. The van der Waals surface area contributed by atoms with Gasteiger partial charge in [0.1, 0.15) is 5.69 Å². The third kappa shape index (κ3) is 5.50. The fourth-order valence-electron chi connectivity index (χ4n) is 2.38. The van der Waals surface area contributed by atoms with E-state index in [9.17, 15) is 14.9 Å². The van der Waals surface area contributed by atoms with Gasteiger partial charge in [0.25, 0.3) is 5.69 Å². The number of piperidine rings is 1. The highest BCUT2D eigenvalue weighted by atomic mass is 35.5. The van der Waals surface area contributed by atoms with E-state index in [4.69, 9.17) is 0 Å². The number of halogens is 1. The average Bonchev–Trinajstić information content (AvgIpc) is 2.52. The van der Waals surface area contributed by atoms with Crippen molar-refractivity contribution in [1.29, 1.82) is 0 Å². The lowest BCUT2D eigenvalue weighted by molar-refractivity contribution is -0.383. The number of nitrogens with one attached hydrogen (secondary N) is 3. The Labute approximate surface area is 135 Å². The Kier molecular flexibility index (Phi) is 7.62. The van der Waals surface area contributed by atoms with E-state index in [1.165, 1.54) is 6.07 Å². The molecule has 1 saturated heterocycles. The van der Waals surface area contributed by atoms with Crippen LogP contribution in [0.15, 0.2) is 24.3 Å². The van der Waals surface area contributed by atoms with Crippen molar-refractivity contribution in [3.63, 3.8) is 0 Å². The van der Waals surface area contributed by atoms with Gasteiger partial charge in [0.05, 0.1) is 11.5 Å². The zero-order valence-electron chi connectivity index (χ0n) is 12.2. The number of nitro benzene ring substituents is 1. The van der Waals surface area contributed by atoms with Gasteiger partial charge < -0.3 is 16.0 Å². The first-order chi connectivity index (χ1) is 10.2. The molecule has 8 heteroatoms. The Morgan fingerprint density at radius 3 is 2.86 bits per heavy atom. The first kappa shape index (κ1) is 18.2. The van der Waals surface area contributed by atoms with E-state index in [2.05, 4.69) is 16.0 Å². The summed E-state index contributed by atoms with van der Waals surface area (Å²) in [6.07, 6.45) is 2.25. The number of hydrogen-bond donors (Lipinski definition) is 3. The summed E-state index contributed by atoms with van der Waals surface area (Å²) in [4.78, 5) is 22.2. The molecule has 1 heterocycles. The van der Waals surface area contributed by atoms with Gasteiger partial charge in [-0.1, -0.05) is 12.1 Å². The molecule has 1 aliphatic heterocycles. The predicted octanol–water partition coefficient (Wildman–Crippen LogP) is 1.54. The van der Waals surface area contributed by atoms with E-state index in [0.29, 0.717) is 18.2 Å². The molecule has 122 valence electrons. The Hall–Kier alpha value is -1.86. The molecule has 1 fully saturated rings. The van der Waals surface area contributed by atoms with Crippen molar-refractivity contribution in [3.05, 3.63) is 34.4 Å². The number of amides is 1. The molecule has 7 nitrogen and oxygen atoms in total. The molecule has 1 unspecified atom stereocenters. The van der Waals surface area contributed by atoms with Gasteiger partial charge in [0, 0.05) is 12.6 Å². The van der Waals surface area contributed by atoms with Crippen LogP contribution in [0.3, 0.4) is 0 Å². The van der Waals surface area contributed by atoms with Gasteiger partial charge in [-0.2, -0.15) is 0 Å². The lowest BCUT2D eigenvalue weighted by Gasteiger charge is -2.22. The van der Waals surface area contributed by atoms with Gasteiger partial charge in [-0.3, -0.25) is 14.9 Å². The number of carbonyl (C=O) groups excluding carboxylic acids is 1. The van der Waals surface area contributed by atoms with Crippen LogP contribution < -0.4 is 16.0 Å². The summed E-state index contributed by atoms with van der Waals surface area (Å²) < 4.78 is 0. The van der Waals surface area contributed by atoms with Gasteiger partial charge in [-0.25, -0.2) is 0 Å². The Bertz CT molecular complexity index is 507. The molecular weight excluding hydrogens is 308 g/mol. The normalized spacial score (nSPS) is 17.2. The minimum atomic E-state index is -0.464. The number of benzene rings is 1. The number of carbonyl (C=O) groups is 1. The minimum absolute atomic E-state index is 0. The molecule has 1 aromatic rings. The van der Waals surface area contributed by atoms with Crippen LogP contribution in [0.5, 0.6) is 0 Å². The zero-order chi connectivity index (χ0) is 15.1. The van der Waals surface area contributed by atoms with E-state index in [1.807, 2.05) is 0 Å². The van der Waals surface area contributed by atoms with Crippen molar-refractivity contribution in [2.45, 2.75) is 12.8 Å². The van der Waals surface area contributed by atoms with Crippen LogP contribution in [0.25, 0.3) is 0 Å². The highest BCUT2D eigenvalue weighted by Crippen LogP contribution is 2.22. The van der Waals surface area contributed by atoms with Gasteiger partial charge in [0.2, 0.25) is 5.91 Å². The molecule has 1 amide bonds. The second-order valence-corrected chi connectivity index (χ2v) is 5.14. The quantitative estimate of drug-likeness (QED) is 0.544. The second kappa shape index (κ2) is 9.22. The SMILES string of the molecule is Cl.O=C(CNc1ccccc1[N+](=O)[O-])NCC1CCCNC1. The third-order valence-corrected chi connectivity index (χ3v) is 3.53. The van der Waals surface area contributed by atoms with Crippen LogP contribution in [-0.4, -0.2) is 37.0 Å². The maximum Gasteiger partial charge on any atom is 0.292 e. The summed E-state index contributed by atoms with van der Waals surface area (Å²) in [6.45, 7) is 2.65. The molecule has 0 radical (unpaired) electrons. The number of nitro groups is 1. The summed E-state index contributed by atoms with van der Waals surface area (Å²) in [7, 11) is 0. The van der Waals surface area contributed by atoms with E-state index in [-0.39, 0.29) is 30.5 Å². The van der Waals surface area contributed by atoms with Gasteiger partial charge >= 0.3 is 0 Å². The van der Waals surface area contributed by atoms with Crippen molar-refractivity contribution >= 4 is 29.7 Å². The molecule has 0 spiro atoms. The van der Waals surface area contributed by atoms with E-state index < -0.39 is 4.92 Å². The predicted molar refractivity (Wildman–Crippen MR) is 87.4 cm³/mol. The Morgan fingerprint density at radius 2 is 2.18 bits per heavy atom. The highest BCUT2D eigenvalue weighted by Gasteiger charge is 2.15. The maximum atomic E-state index is 11.8. The van der Waals surface area contributed by atoms with Crippen molar-refractivity contribution < 1.29 is 9.72 Å². The Morgan fingerprint density at radius 1 is 1.41 bits per heavy atom. The van der Waals surface area contributed by atoms with Crippen LogP contribution in [0.2, 0.25) is 0 Å². The molecule has 2 rings (SSSR count). The second-order valence-electron chi connectivity index (χ2n) is 5.14. The number of rotatable bonds is 6. The van der Waals surface area contributed by atoms with Gasteiger partial charge in [-0.15, -0.1) is 12.4 Å². The summed E-state index contributed by atoms with van der Waals surface area (Å²) in [6, 6.07) is 6.30. The van der Waals surface area contributed by atoms with Crippen molar-refractivity contribution in [2.75, 3.05) is 31.5 Å². The molecule has 0 aromatic heterocycles. The van der Waals surface area contributed by atoms with Crippen LogP contribution in [0.1, 0.15) is 12.8 Å². The smallest absolute Gasteiger partial charge is 0.292 e. The lowest BCUT2D eigenvalue weighted by Crippen LogP contribution is -2.39. The maximum absolute atomic E-state index is 11.8. The van der Waals surface area contributed by atoms with E-state index in [0.717, 1.165) is 25.9 Å². The minimum Gasteiger partial charge on any atom is -0.371 e. The molecule has 1 atom stereocenters. The first-order valence-corrected chi connectivity index (χ1v) is 7.11. The number of nitrogens with zero attached hydrogens (tertiary/aromatic N) is 1. The third-order valence-electron chi connectivity index (χ3n) is 3.53. The average molecular weight is 329 g/mol. The van der Waals surface area contributed by atoms with Gasteiger partial charge in [-0.05, 0) is 37.9 Å². The standard InChI is InChI=1S/C14H20N4O3.ClH/c19-14(17-9-11-4-3-7-15-8-11)10-16-12-5-1-2-6-13(12)18(20)21;/h1-2,5-6,11,15-16H,3-4,7-10H2,(H,17,19);1H. The van der Waals surface area contributed by atoms with Crippen LogP contribution in [0, 0.1) is 16.0 Å². The number of hydrogen-bond acceptors (Lipinski definition) is 5. The zero-order valence-corrected chi connectivity index (χ0v) is 13.0. The molecule has 0 bridgehead atoms. The molecule has 0 aliphatic carbocycles. The largest absolute Gasteiger partial charge is 0.371 e. The van der Waals surface area contributed by atoms with Crippen LogP contribution in [-0.2, 0) is 4.79 Å². The van der Waals surface area contributed by atoms with Crippen LogP contribution in [0.4, 0.5) is 11.4 Å². The van der Waals surface area contributed by atoms with E-state index in [1.54, 1.807) is 18.2 Å². The monoisotopic (exact) mass is 328 g/mol. The molecule has 1 aromatic carbocycles. The van der Waals surface area contributed by atoms with E-state index >= 15 is 0 Å². The van der Waals surface area contributed by atoms with Crippen molar-refractivity contribution in [2.24, 2.45) is 5.92 Å². The first-order valence-electron chi connectivity index (χ1n) is 7.11. The highest BCUT2D eigenvalue weighted by molar-refractivity contribution is 5.85. The number of anilines is 1. The van der Waals surface area contributed by atoms with Crippen LogP contribution >= 0.6 is 12.4 Å². The summed E-state index contributed by atoms with van der Waals surface area (Å²) in [5, 5.41) is 19.8. The molecule has 1 aliphatic rings. The molecular formula is C14H21ClN4O3.